The number of carboxylic acids is 1. The molecule has 0 aliphatic heterocycles. The summed E-state index contributed by atoms with van der Waals surface area (Å²) in [6, 6.07) is 8.46. The van der Waals surface area contributed by atoms with Gasteiger partial charge in [-0.15, -0.1) is 0 Å². The molecule has 2 aromatic rings. The number of halogens is 3. The molecule has 0 aromatic heterocycles. The van der Waals surface area contributed by atoms with E-state index in [-0.39, 0.29) is 29.4 Å². The van der Waals surface area contributed by atoms with Crippen LogP contribution in [0.1, 0.15) is 29.3 Å². The first-order chi connectivity index (χ1) is 13.2. The van der Waals surface area contributed by atoms with Gasteiger partial charge in [-0.3, -0.25) is 4.79 Å². The summed E-state index contributed by atoms with van der Waals surface area (Å²) in [5.41, 5.74) is -0.961. The van der Waals surface area contributed by atoms with Crippen molar-refractivity contribution in [1.29, 1.82) is 0 Å². The Labute approximate surface area is 158 Å². The number of alkyl halides is 3. The van der Waals surface area contributed by atoms with Gasteiger partial charge in [0.05, 0.1) is 17.9 Å². The second kappa shape index (κ2) is 9.12. The molecule has 0 unspecified atom stereocenters. The fraction of sp³-hybridized carbons (Fsp3) is 0.263. The van der Waals surface area contributed by atoms with E-state index in [1.807, 2.05) is 6.92 Å². The van der Waals surface area contributed by atoms with E-state index in [0.717, 1.165) is 18.2 Å². The van der Waals surface area contributed by atoms with Crippen LogP contribution in [0.15, 0.2) is 42.5 Å². The molecule has 0 aliphatic rings. The highest BCUT2D eigenvalue weighted by Crippen LogP contribution is 2.35. The molecule has 2 aromatic carbocycles. The van der Waals surface area contributed by atoms with Crippen LogP contribution in [0.5, 0.6) is 11.5 Å². The lowest BCUT2D eigenvalue weighted by atomic mass is 10.1. The number of benzene rings is 2. The van der Waals surface area contributed by atoms with E-state index in [9.17, 15) is 22.8 Å². The lowest BCUT2D eigenvalue weighted by molar-refractivity contribution is -0.139. The van der Waals surface area contributed by atoms with Crippen LogP contribution in [0.3, 0.4) is 0 Å². The van der Waals surface area contributed by atoms with Gasteiger partial charge in [-0.2, -0.15) is 13.2 Å². The summed E-state index contributed by atoms with van der Waals surface area (Å²) in [5.74, 6) is -1.62. The van der Waals surface area contributed by atoms with Gasteiger partial charge >= 0.3 is 12.1 Å². The van der Waals surface area contributed by atoms with Crippen molar-refractivity contribution >= 4 is 17.6 Å². The van der Waals surface area contributed by atoms with Gasteiger partial charge in [0.15, 0.2) is 6.61 Å². The van der Waals surface area contributed by atoms with Gasteiger partial charge in [0.25, 0.3) is 5.91 Å². The molecule has 0 bridgehead atoms. The molecule has 1 amide bonds. The van der Waals surface area contributed by atoms with Crippen molar-refractivity contribution in [2.24, 2.45) is 0 Å². The van der Waals surface area contributed by atoms with E-state index in [4.69, 9.17) is 14.6 Å². The number of carboxylic acid groups (broad SMARTS) is 1. The highest BCUT2D eigenvalue weighted by atomic mass is 19.4. The van der Waals surface area contributed by atoms with Crippen LogP contribution in [0.4, 0.5) is 18.9 Å². The molecule has 0 spiro atoms. The molecule has 0 atom stereocenters. The van der Waals surface area contributed by atoms with E-state index in [2.05, 4.69) is 5.32 Å². The number of amides is 1. The molecule has 0 aliphatic carbocycles. The topological polar surface area (TPSA) is 84.9 Å². The van der Waals surface area contributed by atoms with Crippen LogP contribution in [-0.4, -0.2) is 30.2 Å². The smallest absolute Gasteiger partial charge is 0.416 e. The predicted octanol–water partition coefficient (Wildman–Crippen LogP) is 4.21. The number of carbonyl (C=O) groups excluding carboxylic acids is 1. The Morgan fingerprint density at radius 3 is 2.50 bits per heavy atom. The summed E-state index contributed by atoms with van der Waals surface area (Å²) < 4.78 is 49.4. The normalized spacial score (nSPS) is 11.0. The minimum Gasteiger partial charge on any atom is -0.491 e. The number of hydrogen-bond acceptors (Lipinski definition) is 4. The standard InChI is InChI=1S/C19H18F3NO5/c1-2-8-27-16-7-6-13(19(20,21)22)10-15(16)23-18(26)12-4-3-5-14(9-12)28-11-17(24)25/h3-7,9-10H,2,8,11H2,1H3,(H,23,26)(H,24,25). The van der Waals surface area contributed by atoms with Crippen molar-refractivity contribution < 1.29 is 37.3 Å². The van der Waals surface area contributed by atoms with Gasteiger partial charge in [0.1, 0.15) is 11.5 Å². The molecule has 0 radical (unpaired) electrons. The Hall–Kier alpha value is -3.23. The molecular formula is C19H18F3NO5. The quantitative estimate of drug-likeness (QED) is 0.697. The Morgan fingerprint density at radius 1 is 1.11 bits per heavy atom. The first kappa shape index (κ1) is 21.1. The predicted molar refractivity (Wildman–Crippen MR) is 94.8 cm³/mol. The first-order valence-electron chi connectivity index (χ1n) is 8.30. The average molecular weight is 397 g/mol. The lowest BCUT2D eigenvalue weighted by Crippen LogP contribution is -2.15. The fourth-order valence-corrected chi connectivity index (χ4v) is 2.21. The molecule has 2 rings (SSSR count). The zero-order valence-corrected chi connectivity index (χ0v) is 14.9. The third kappa shape index (κ3) is 5.90. The van der Waals surface area contributed by atoms with Crippen LogP contribution >= 0.6 is 0 Å². The van der Waals surface area contributed by atoms with Gasteiger partial charge < -0.3 is 19.9 Å². The highest BCUT2D eigenvalue weighted by Gasteiger charge is 2.31. The monoisotopic (exact) mass is 397 g/mol. The molecule has 0 heterocycles. The Morgan fingerprint density at radius 2 is 1.86 bits per heavy atom. The second-order valence-electron chi connectivity index (χ2n) is 5.72. The first-order valence-corrected chi connectivity index (χ1v) is 8.30. The number of ether oxygens (including phenoxy) is 2. The molecular weight excluding hydrogens is 379 g/mol. The summed E-state index contributed by atoms with van der Waals surface area (Å²) in [5, 5.41) is 11.0. The summed E-state index contributed by atoms with van der Waals surface area (Å²) >= 11 is 0. The fourth-order valence-electron chi connectivity index (χ4n) is 2.21. The maximum Gasteiger partial charge on any atom is 0.416 e. The zero-order valence-electron chi connectivity index (χ0n) is 14.9. The zero-order chi connectivity index (χ0) is 20.7. The molecule has 0 fully saturated rings. The van der Waals surface area contributed by atoms with E-state index in [1.165, 1.54) is 24.3 Å². The maximum atomic E-state index is 13.0. The SMILES string of the molecule is CCCOc1ccc(C(F)(F)F)cc1NC(=O)c1cccc(OCC(=O)O)c1. The number of rotatable bonds is 8. The Kier molecular flexibility index (Phi) is 6.86. The molecule has 150 valence electrons. The van der Waals surface area contributed by atoms with Crippen molar-refractivity contribution in [1.82, 2.24) is 0 Å². The molecule has 9 heteroatoms. The molecule has 6 nitrogen and oxygen atoms in total. The van der Waals surface area contributed by atoms with Gasteiger partial charge in [0, 0.05) is 5.56 Å². The minimum atomic E-state index is -4.58. The van der Waals surface area contributed by atoms with Gasteiger partial charge in [-0.05, 0) is 42.8 Å². The summed E-state index contributed by atoms with van der Waals surface area (Å²) in [6.07, 6.45) is -3.94. The molecule has 0 saturated heterocycles. The average Bonchev–Trinajstić information content (AvgIpc) is 2.64. The van der Waals surface area contributed by atoms with E-state index in [1.54, 1.807) is 0 Å². The van der Waals surface area contributed by atoms with Crippen molar-refractivity contribution in [3.8, 4) is 11.5 Å². The van der Waals surface area contributed by atoms with Gasteiger partial charge in [0.2, 0.25) is 0 Å². The minimum absolute atomic E-state index is 0.0849. The summed E-state index contributed by atoms with van der Waals surface area (Å²) in [4.78, 5) is 23.0. The molecule has 0 saturated carbocycles. The lowest BCUT2D eigenvalue weighted by Gasteiger charge is -2.15. The van der Waals surface area contributed by atoms with Crippen LogP contribution in [0.2, 0.25) is 0 Å². The van der Waals surface area contributed by atoms with Crippen LogP contribution < -0.4 is 14.8 Å². The van der Waals surface area contributed by atoms with E-state index < -0.39 is 30.2 Å². The number of aliphatic carboxylic acids is 1. The molecule has 28 heavy (non-hydrogen) atoms. The Balaban J connectivity index is 2.26. The van der Waals surface area contributed by atoms with Crippen molar-refractivity contribution in [2.75, 3.05) is 18.5 Å². The number of nitrogens with one attached hydrogen (secondary N) is 1. The van der Waals surface area contributed by atoms with Crippen LogP contribution in [0.25, 0.3) is 0 Å². The number of anilines is 1. The van der Waals surface area contributed by atoms with Gasteiger partial charge in [-0.1, -0.05) is 13.0 Å². The third-order valence-electron chi connectivity index (χ3n) is 3.48. The van der Waals surface area contributed by atoms with Crippen molar-refractivity contribution in [3.63, 3.8) is 0 Å². The number of hydrogen-bond donors (Lipinski definition) is 2. The van der Waals surface area contributed by atoms with Crippen molar-refractivity contribution in [2.45, 2.75) is 19.5 Å². The second-order valence-corrected chi connectivity index (χ2v) is 5.72. The van der Waals surface area contributed by atoms with E-state index >= 15 is 0 Å². The van der Waals surface area contributed by atoms with E-state index in [0.29, 0.717) is 6.42 Å². The third-order valence-corrected chi connectivity index (χ3v) is 3.48. The van der Waals surface area contributed by atoms with Crippen LogP contribution in [0, 0.1) is 0 Å². The van der Waals surface area contributed by atoms with Gasteiger partial charge in [-0.25, -0.2) is 4.79 Å². The van der Waals surface area contributed by atoms with Crippen LogP contribution in [-0.2, 0) is 11.0 Å². The number of carbonyl (C=O) groups is 2. The largest absolute Gasteiger partial charge is 0.491 e. The Bertz CT molecular complexity index is 852. The van der Waals surface area contributed by atoms with Crippen molar-refractivity contribution in [3.05, 3.63) is 53.6 Å². The molecule has 2 N–H and O–H groups in total. The highest BCUT2D eigenvalue weighted by molar-refractivity contribution is 6.05. The summed E-state index contributed by atoms with van der Waals surface area (Å²) in [7, 11) is 0. The maximum absolute atomic E-state index is 13.0. The summed E-state index contributed by atoms with van der Waals surface area (Å²) in [6.45, 7) is 1.52.